The molecule has 106 valence electrons. The van der Waals surface area contributed by atoms with Crippen molar-refractivity contribution in [2.75, 3.05) is 16.8 Å². The lowest BCUT2D eigenvalue weighted by molar-refractivity contribution is 0.618. The van der Waals surface area contributed by atoms with Crippen molar-refractivity contribution < 1.29 is 0 Å². The molecule has 0 radical (unpaired) electrons. The number of nitrogens with zero attached hydrogens (tertiary/aromatic N) is 2. The summed E-state index contributed by atoms with van der Waals surface area (Å²) in [4.78, 5) is 7.19. The maximum Gasteiger partial charge on any atom is 0.136 e. The Labute approximate surface area is 136 Å². The van der Waals surface area contributed by atoms with Crippen LogP contribution in [-0.2, 0) is 0 Å². The number of rotatable bonds is 4. The van der Waals surface area contributed by atoms with E-state index in [9.17, 15) is 0 Å². The summed E-state index contributed by atoms with van der Waals surface area (Å²) in [6.45, 7) is 1.02. The van der Waals surface area contributed by atoms with Crippen LogP contribution in [-0.4, -0.2) is 22.9 Å². The lowest BCUT2D eigenvalue weighted by Gasteiger charge is -2.30. The molecule has 0 unspecified atom stereocenters. The Hall–Kier alpha value is -0.610. The van der Waals surface area contributed by atoms with E-state index < -0.39 is 0 Å². The van der Waals surface area contributed by atoms with Crippen molar-refractivity contribution in [2.45, 2.75) is 31.7 Å². The molecule has 1 heterocycles. The molecule has 1 aromatic carbocycles. The molecule has 4 heteroatoms. The molecular weight excluding hydrogens is 380 g/mol. The van der Waals surface area contributed by atoms with Gasteiger partial charge in [-0.1, -0.05) is 56.8 Å². The van der Waals surface area contributed by atoms with Crippen LogP contribution < -0.4 is 4.90 Å². The molecule has 1 aromatic heterocycles. The minimum absolute atomic E-state index is 0.643. The number of aromatic nitrogens is 1. The van der Waals surface area contributed by atoms with Crippen LogP contribution in [0.15, 0.2) is 34.9 Å². The molecule has 0 saturated heterocycles. The van der Waals surface area contributed by atoms with E-state index in [1.165, 1.54) is 36.5 Å². The molecule has 0 amide bonds. The van der Waals surface area contributed by atoms with E-state index in [2.05, 4.69) is 61.0 Å². The van der Waals surface area contributed by atoms with E-state index in [0.717, 1.165) is 22.2 Å². The minimum Gasteiger partial charge on any atom is -0.352 e. The predicted octanol–water partition coefficient (Wildman–Crippen LogP) is 5.14. The van der Waals surface area contributed by atoms with Crippen LogP contribution in [0.3, 0.4) is 0 Å². The van der Waals surface area contributed by atoms with Crippen LogP contribution >= 0.6 is 31.9 Å². The highest BCUT2D eigenvalue weighted by atomic mass is 79.9. The van der Waals surface area contributed by atoms with Gasteiger partial charge in [-0.05, 0) is 25.0 Å². The van der Waals surface area contributed by atoms with Crippen molar-refractivity contribution >= 4 is 48.5 Å². The van der Waals surface area contributed by atoms with E-state index in [4.69, 9.17) is 4.98 Å². The number of halogens is 2. The molecule has 0 aliphatic heterocycles. The van der Waals surface area contributed by atoms with Crippen molar-refractivity contribution in [3.63, 3.8) is 0 Å². The van der Waals surface area contributed by atoms with E-state index in [1.807, 2.05) is 6.20 Å². The van der Waals surface area contributed by atoms with Gasteiger partial charge in [0.2, 0.25) is 0 Å². The number of anilines is 1. The van der Waals surface area contributed by atoms with Gasteiger partial charge in [0.25, 0.3) is 0 Å². The predicted molar refractivity (Wildman–Crippen MR) is 92.8 cm³/mol. The topological polar surface area (TPSA) is 16.1 Å². The van der Waals surface area contributed by atoms with Gasteiger partial charge in [0.15, 0.2) is 0 Å². The van der Waals surface area contributed by atoms with Gasteiger partial charge >= 0.3 is 0 Å². The summed E-state index contributed by atoms with van der Waals surface area (Å²) in [6, 6.07) is 9.10. The molecular formula is C16H18Br2N2. The van der Waals surface area contributed by atoms with Crippen molar-refractivity contribution in [2.24, 2.45) is 0 Å². The van der Waals surface area contributed by atoms with Crippen molar-refractivity contribution in [3.05, 3.63) is 34.9 Å². The molecule has 1 saturated carbocycles. The summed E-state index contributed by atoms with van der Waals surface area (Å²) >= 11 is 7.24. The quantitative estimate of drug-likeness (QED) is 0.664. The van der Waals surface area contributed by atoms with Gasteiger partial charge in [-0.25, -0.2) is 4.98 Å². The number of hydrogen-bond acceptors (Lipinski definition) is 2. The van der Waals surface area contributed by atoms with Crippen LogP contribution in [0.4, 0.5) is 5.82 Å². The molecule has 2 nitrogen and oxygen atoms in total. The van der Waals surface area contributed by atoms with Crippen molar-refractivity contribution in [1.82, 2.24) is 4.98 Å². The molecule has 0 spiro atoms. The fourth-order valence-electron chi connectivity index (χ4n) is 3.15. The average Bonchev–Trinajstić information content (AvgIpc) is 2.99. The number of fused-ring (bicyclic) bond motifs is 1. The minimum atomic E-state index is 0.643. The molecule has 3 rings (SSSR count). The highest BCUT2D eigenvalue weighted by Gasteiger charge is 2.24. The van der Waals surface area contributed by atoms with Gasteiger partial charge in [0, 0.05) is 39.4 Å². The fraction of sp³-hybridized carbons (Fsp3) is 0.438. The fourth-order valence-corrected chi connectivity index (χ4v) is 4.03. The number of benzene rings is 1. The van der Waals surface area contributed by atoms with Crippen LogP contribution in [0, 0.1) is 0 Å². The maximum atomic E-state index is 4.70. The summed E-state index contributed by atoms with van der Waals surface area (Å²) < 4.78 is 1.14. The number of hydrogen-bond donors (Lipinski definition) is 0. The Bertz CT molecular complexity index is 594. The first kappa shape index (κ1) is 14.3. The van der Waals surface area contributed by atoms with Crippen molar-refractivity contribution in [3.8, 4) is 0 Å². The zero-order valence-electron chi connectivity index (χ0n) is 11.4. The second-order valence-corrected chi connectivity index (χ2v) is 6.94. The molecule has 0 bridgehead atoms. The van der Waals surface area contributed by atoms with E-state index >= 15 is 0 Å². The van der Waals surface area contributed by atoms with Gasteiger partial charge in [0.1, 0.15) is 5.82 Å². The summed E-state index contributed by atoms with van der Waals surface area (Å²) in [7, 11) is 0. The zero-order chi connectivity index (χ0) is 13.9. The smallest absolute Gasteiger partial charge is 0.136 e. The highest BCUT2D eigenvalue weighted by Crippen LogP contribution is 2.33. The Kier molecular flexibility index (Phi) is 4.61. The lowest BCUT2D eigenvalue weighted by atomic mass is 10.1. The summed E-state index contributed by atoms with van der Waals surface area (Å²) in [5.74, 6) is 1.13. The highest BCUT2D eigenvalue weighted by molar-refractivity contribution is 9.10. The van der Waals surface area contributed by atoms with Gasteiger partial charge in [-0.15, -0.1) is 0 Å². The average molecular weight is 398 g/mol. The lowest BCUT2D eigenvalue weighted by Crippen LogP contribution is -2.35. The molecule has 20 heavy (non-hydrogen) atoms. The van der Waals surface area contributed by atoms with Crippen LogP contribution in [0.1, 0.15) is 25.7 Å². The molecule has 0 atom stereocenters. The number of pyridine rings is 1. The number of alkyl halides is 1. The first-order chi connectivity index (χ1) is 9.81. The molecule has 0 N–H and O–H groups in total. The van der Waals surface area contributed by atoms with Gasteiger partial charge in [-0.3, -0.25) is 0 Å². The van der Waals surface area contributed by atoms with E-state index in [0.29, 0.717) is 6.04 Å². The summed E-state index contributed by atoms with van der Waals surface area (Å²) in [6.07, 6.45) is 7.20. The Morgan fingerprint density at radius 1 is 1.15 bits per heavy atom. The third kappa shape index (κ3) is 2.73. The molecule has 2 aromatic rings. The Morgan fingerprint density at radius 2 is 1.95 bits per heavy atom. The zero-order valence-corrected chi connectivity index (χ0v) is 14.5. The van der Waals surface area contributed by atoms with Crippen molar-refractivity contribution in [1.29, 1.82) is 0 Å². The van der Waals surface area contributed by atoms with E-state index in [1.54, 1.807) is 0 Å². The van der Waals surface area contributed by atoms with Crippen LogP contribution in [0.2, 0.25) is 0 Å². The monoisotopic (exact) mass is 396 g/mol. The maximum absolute atomic E-state index is 4.70. The molecule has 1 aliphatic rings. The molecule has 1 aliphatic carbocycles. The Balaban J connectivity index is 2.08. The summed E-state index contributed by atoms with van der Waals surface area (Å²) in [5.41, 5.74) is 0. The third-order valence-corrected chi connectivity index (χ3v) is 5.14. The van der Waals surface area contributed by atoms with Crippen LogP contribution in [0.5, 0.6) is 0 Å². The first-order valence-corrected chi connectivity index (χ1v) is 9.08. The van der Waals surface area contributed by atoms with Gasteiger partial charge < -0.3 is 4.90 Å². The normalized spacial score (nSPS) is 15.9. The van der Waals surface area contributed by atoms with Gasteiger partial charge in [0.05, 0.1) is 0 Å². The van der Waals surface area contributed by atoms with Crippen LogP contribution in [0.25, 0.3) is 10.8 Å². The molecule has 1 fully saturated rings. The third-order valence-electron chi connectivity index (χ3n) is 4.09. The standard InChI is InChI=1S/C16H18Br2N2/c17-9-11-20(12-4-1-2-5-12)16-14-6-3-7-15(18)13(14)8-10-19-16/h3,6-8,10,12H,1-2,4-5,9,11H2. The second kappa shape index (κ2) is 6.44. The summed E-state index contributed by atoms with van der Waals surface area (Å²) in [5, 5.41) is 3.47. The Morgan fingerprint density at radius 3 is 2.70 bits per heavy atom. The SMILES string of the molecule is BrCCN(c1nccc2c(Br)cccc12)C1CCCC1. The van der Waals surface area contributed by atoms with E-state index in [-0.39, 0.29) is 0 Å². The van der Waals surface area contributed by atoms with Gasteiger partial charge in [-0.2, -0.15) is 0 Å². The first-order valence-electron chi connectivity index (χ1n) is 7.17. The second-order valence-electron chi connectivity index (χ2n) is 5.29. The largest absolute Gasteiger partial charge is 0.352 e.